The van der Waals surface area contributed by atoms with Gasteiger partial charge < -0.3 is 4.74 Å². The Hall–Kier alpha value is -3.09. The second kappa shape index (κ2) is 5.47. The van der Waals surface area contributed by atoms with Gasteiger partial charge in [-0.1, -0.05) is 0 Å². The molecule has 0 radical (unpaired) electrons. The van der Waals surface area contributed by atoms with Crippen molar-refractivity contribution in [3.63, 3.8) is 0 Å². The van der Waals surface area contributed by atoms with Gasteiger partial charge >= 0.3 is 0 Å². The quantitative estimate of drug-likeness (QED) is 0.556. The van der Waals surface area contributed by atoms with Gasteiger partial charge in [0, 0.05) is 17.7 Å². The fourth-order valence-corrected chi connectivity index (χ4v) is 3.01. The van der Waals surface area contributed by atoms with Crippen molar-refractivity contribution in [3.8, 4) is 17.1 Å². The van der Waals surface area contributed by atoms with Gasteiger partial charge in [0.2, 0.25) is 0 Å². The zero-order valence-corrected chi connectivity index (χ0v) is 13.8. The van der Waals surface area contributed by atoms with Crippen molar-refractivity contribution >= 4 is 16.7 Å². The van der Waals surface area contributed by atoms with Crippen LogP contribution in [-0.2, 0) is 0 Å². The number of aryl methyl sites for hydroxylation is 2. The molecule has 0 saturated carbocycles. The van der Waals surface area contributed by atoms with E-state index in [0.717, 1.165) is 11.1 Å². The van der Waals surface area contributed by atoms with Crippen molar-refractivity contribution < 1.29 is 13.5 Å². The molecule has 0 aliphatic heterocycles. The Balaban J connectivity index is 2.17. The van der Waals surface area contributed by atoms with Crippen LogP contribution in [0.1, 0.15) is 11.3 Å². The van der Waals surface area contributed by atoms with Crippen LogP contribution in [0.4, 0.5) is 8.78 Å². The number of nitrogens with zero attached hydrogens (tertiary/aromatic N) is 4. The molecule has 0 N–H and O–H groups in total. The van der Waals surface area contributed by atoms with Gasteiger partial charge in [0.15, 0.2) is 16.9 Å². The minimum Gasteiger partial charge on any atom is -0.494 e. The van der Waals surface area contributed by atoms with Gasteiger partial charge in [-0.3, -0.25) is 4.40 Å². The highest BCUT2D eigenvalue weighted by Gasteiger charge is 2.19. The van der Waals surface area contributed by atoms with Crippen LogP contribution >= 0.6 is 0 Å². The molecule has 0 saturated heterocycles. The SMILES string of the molecule is COc1cc(F)cc2c1nnc1c(C)nc(-c3ccc(F)cc3C)n12. The Morgan fingerprint density at radius 3 is 2.52 bits per heavy atom. The number of fused-ring (bicyclic) bond motifs is 3. The summed E-state index contributed by atoms with van der Waals surface area (Å²) in [6.45, 7) is 3.60. The predicted octanol–water partition coefficient (Wildman–Crippen LogP) is 3.85. The Morgan fingerprint density at radius 1 is 1.00 bits per heavy atom. The van der Waals surface area contributed by atoms with Crippen molar-refractivity contribution in [1.82, 2.24) is 19.6 Å². The number of rotatable bonds is 2. The molecule has 0 amide bonds. The lowest BCUT2D eigenvalue weighted by molar-refractivity contribution is 0.415. The highest BCUT2D eigenvalue weighted by atomic mass is 19.1. The normalized spacial score (nSPS) is 11.4. The number of ether oxygens (including phenoxy) is 1. The van der Waals surface area contributed by atoms with E-state index in [0.29, 0.717) is 28.2 Å². The number of halogens is 2. The second-order valence-electron chi connectivity index (χ2n) is 5.81. The summed E-state index contributed by atoms with van der Waals surface area (Å²) in [5.41, 5.74) is 3.54. The van der Waals surface area contributed by atoms with E-state index in [4.69, 9.17) is 4.74 Å². The Labute approximate surface area is 141 Å². The third-order valence-electron chi connectivity index (χ3n) is 4.18. The molecule has 2 heterocycles. The van der Waals surface area contributed by atoms with Gasteiger partial charge in [-0.05, 0) is 37.6 Å². The Kier molecular flexibility index (Phi) is 3.38. The smallest absolute Gasteiger partial charge is 0.183 e. The van der Waals surface area contributed by atoms with Crippen LogP contribution in [0.5, 0.6) is 5.75 Å². The predicted molar refractivity (Wildman–Crippen MR) is 89.7 cm³/mol. The van der Waals surface area contributed by atoms with E-state index in [1.54, 1.807) is 24.3 Å². The molecule has 2 aromatic heterocycles. The molecule has 0 spiro atoms. The summed E-state index contributed by atoms with van der Waals surface area (Å²) in [7, 11) is 1.45. The highest BCUT2D eigenvalue weighted by molar-refractivity contribution is 5.85. The van der Waals surface area contributed by atoms with E-state index in [2.05, 4.69) is 15.2 Å². The third kappa shape index (κ3) is 2.31. The molecule has 25 heavy (non-hydrogen) atoms. The van der Waals surface area contributed by atoms with E-state index < -0.39 is 5.82 Å². The first-order chi connectivity index (χ1) is 12.0. The maximum atomic E-state index is 14.1. The van der Waals surface area contributed by atoms with E-state index in [1.165, 1.54) is 31.4 Å². The average Bonchev–Trinajstić information content (AvgIpc) is 2.91. The molecule has 4 aromatic rings. The fraction of sp³-hybridized carbons (Fsp3) is 0.167. The summed E-state index contributed by atoms with van der Waals surface area (Å²) in [6.07, 6.45) is 0. The van der Waals surface area contributed by atoms with Crippen LogP contribution in [0, 0.1) is 25.5 Å². The molecule has 0 fully saturated rings. The molecular formula is C18H14F2N4O. The molecule has 5 nitrogen and oxygen atoms in total. The third-order valence-corrected chi connectivity index (χ3v) is 4.18. The van der Waals surface area contributed by atoms with Crippen LogP contribution < -0.4 is 4.74 Å². The van der Waals surface area contributed by atoms with Gasteiger partial charge in [-0.25, -0.2) is 13.8 Å². The lowest BCUT2D eigenvalue weighted by atomic mass is 10.1. The molecule has 4 rings (SSSR count). The average molecular weight is 340 g/mol. The molecule has 7 heteroatoms. The van der Waals surface area contributed by atoms with Gasteiger partial charge in [-0.15, -0.1) is 10.2 Å². The zero-order valence-electron chi connectivity index (χ0n) is 13.8. The van der Waals surface area contributed by atoms with Crippen molar-refractivity contribution in [3.05, 3.63) is 53.2 Å². The molecule has 0 unspecified atom stereocenters. The summed E-state index contributed by atoms with van der Waals surface area (Å²) >= 11 is 0. The summed E-state index contributed by atoms with van der Waals surface area (Å²) in [5, 5.41) is 8.38. The van der Waals surface area contributed by atoms with Gasteiger partial charge in [0.1, 0.15) is 17.5 Å². The largest absolute Gasteiger partial charge is 0.494 e. The molecule has 2 aromatic carbocycles. The molecule has 0 aliphatic carbocycles. The highest BCUT2D eigenvalue weighted by Crippen LogP contribution is 2.31. The first-order valence-electron chi connectivity index (χ1n) is 7.65. The second-order valence-corrected chi connectivity index (χ2v) is 5.81. The fourth-order valence-electron chi connectivity index (χ4n) is 3.01. The van der Waals surface area contributed by atoms with Gasteiger partial charge in [0.25, 0.3) is 0 Å². The summed E-state index contributed by atoms with van der Waals surface area (Å²) in [5.74, 6) is 0.0677. The van der Waals surface area contributed by atoms with Crippen LogP contribution in [0.15, 0.2) is 30.3 Å². The maximum Gasteiger partial charge on any atom is 0.183 e. The van der Waals surface area contributed by atoms with E-state index in [-0.39, 0.29) is 11.6 Å². The molecule has 0 atom stereocenters. The monoisotopic (exact) mass is 340 g/mol. The minimum atomic E-state index is -0.452. The van der Waals surface area contributed by atoms with E-state index in [9.17, 15) is 8.78 Å². The number of benzene rings is 2. The number of methoxy groups -OCH3 is 1. The molecule has 0 bridgehead atoms. The molecule has 126 valence electrons. The number of hydrogen-bond donors (Lipinski definition) is 0. The number of aromatic nitrogens is 4. The lowest BCUT2D eigenvalue weighted by Crippen LogP contribution is -2.00. The summed E-state index contributed by atoms with van der Waals surface area (Å²) in [4.78, 5) is 4.56. The summed E-state index contributed by atoms with van der Waals surface area (Å²) in [6, 6.07) is 7.08. The van der Waals surface area contributed by atoms with Crippen molar-refractivity contribution in [2.45, 2.75) is 13.8 Å². The standard InChI is InChI=1S/C18H14F2N4O/c1-9-6-11(19)4-5-13(9)18-21-10(2)17-23-22-16-14(24(17)18)7-12(20)8-15(16)25-3/h4-8H,1-3H3. The minimum absolute atomic E-state index is 0.289. The topological polar surface area (TPSA) is 52.3 Å². The van der Waals surface area contributed by atoms with Crippen LogP contribution in [-0.4, -0.2) is 26.7 Å². The first kappa shape index (κ1) is 15.4. The van der Waals surface area contributed by atoms with Crippen LogP contribution in [0.2, 0.25) is 0 Å². The molecular weight excluding hydrogens is 326 g/mol. The van der Waals surface area contributed by atoms with Crippen LogP contribution in [0.25, 0.3) is 28.1 Å². The number of imidazole rings is 1. The molecule has 0 aliphatic rings. The van der Waals surface area contributed by atoms with Gasteiger partial charge in [0.05, 0.1) is 18.3 Å². The van der Waals surface area contributed by atoms with Crippen molar-refractivity contribution in [2.24, 2.45) is 0 Å². The van der Waals surface area contributed by atoms with Crippen LogP contribution in [0.3, 0.4) is 0 Å². The van der Waals surface area contributed by atoms with E-state index in [1.807, 2.05) is 0 Å². The Morgan fingerprint density at radius 2 is 1.80 bits per heavy atom. The zero-order chi connectivity index (χ0) is 17.7. The lowest BCUT2D eigenvalue weighted by Gasteiger charge is -2.09. The van der Waals surface area contributed by atoms with Crippen molar-refractivity contribution in [1.29, 1.82) is 0 Å². The maximum absolute atomic E-state index is 14.1. The first-order valence-corrected chi connectivity index (χ1v) is 7.65. The summed E-state index contributed by atoms with van der Waals surface area (Å²) < 4.78 is 34.5. The number of hydrogen-bond acceptors (Lipinski definition) is 4. The van der Waals surface area contributed by atoms with Crippen molar-refractivity contribution in [2.75, 3.05) is 7.11 Å². The van der Waals surface area contributed by atoms with E-state index >= 15 is 0 Å². The Bertz CT molecular complexity index is 1140. The van der Waals surface area contributed by atoms with Gasteiger partial charge in [-0.2, -0.15) is 0 Å².